The van der Waals surface area contributed by atoms with Crippen LogP contribution in [0.15, 0.2) is 12.4 Å². The predicted molar refractivity (Wildman–Crippen MR) is 118 cm³/mol. The van der Waals surface area contributed by atoms with E-state index in [-0.39, 0.29) is 11.9 Å². The first kappa shape index (κ1) is 21.3. The molecule has 0 spiro atoms. The molecule has 0 aliphatic carbocycles. The van der Waals surface area contributed by atoms with Crippen molar-refractivity contribution in [2.75, 3.05) is 32.7 Å². The molecule has 1 aromatic rings. The molecule has 0 saturated carbocycles. The summed E-state index contributed by atoms with van der Waals surface area (Å²) >= 11 is 0. The summed E-state index contributed by atoms with van der Waals surface area (Å²) in [6, 6.07) is 1.69. The van der Waals surface area contributed by atoms with Crippen molar-refractivity contribution < 1.29 is 4.79 Å². The summed E-state index contributed by atoms with van der Waals surface area (Å²) in [5, 5.41) is 14.5. The Bertz CT molecular complexity index is 740. The molecule has 3 aliphatic rings. The van der Waals surface area contributed by atoms with Crippen LogP contribution in [0, 0.1) is 5.41 Å². The average molecular weight is 416 g/mol. The number of likely N-dealkylation sites (tertiary alicyclic amines) is 3. The van der Waals surface area contributed by atoms with Gasteiger partial charge in [0.1, 0.15) is 0 Å². The lowest BCUT2D eigenvalue weighted by atomic mass is 9.97. The molecule has 8 heteroatoms. The highest BCUT2D eigenvalue weighted by molar-refractivity contribution is 5.94. The first-order chi connectivity index (χ1) is 14.5. The Kier molecular flexibility index (Phi) is 6.73. The summed E-state index contributed by atoms with van der Waals surface area (Å²) in [6.07, 6.45) is 12.5. The zero-order valence-corrected chi connectivity index (χ0v) is 18.5. The van der Waals surface area contributed by atoms with E-state index in [2.05, 4.69) is 26.4 Å². The number of carbonyl (C=O) groups is 1. The van der Waals surface area contributed by atoms with Gasteiger partial charge in [0.2, 0.25) is 0 Å². The molecule has 4 rings (SSSR count). The van der Waals surface area contributed by atoms with Crippen LogP contribution in [0.1, 0.15) is 63.5 Å². The third-order valence-electron chi connectivity index (χ3n) is 7.17. The minimum Gasteiger partial charge on any atom is -0.324 e. The van der Waals surface area contributed by atoms with E-state index in [0.717, 1.165) is 39.0 Å². The van der Waals surface area contributed by atoms with Gasteiger partial charge in [-0.05, 0) is 71.5 Å². The number of carbonyl (C=O) groups excluding carboxylic acids is 1. The largest absolute Gasteiger partial charge is 0.324 e. The Hall–Kier alpha value is -1.93. The van der Waals surface area contributed by atoms with Crippen molar-refractivity contribution in [3.8, 4) is 0 Å². The van der Waals surface area contributed by atoms with E-state index in [4.69, 9.17) is 5.41 Å². The van der Waals surface area contributed by atoms with Crippen molar-refractivity contribution in [2.45, 2.75) is 70.0 Å². The molecule has 2 atom stereocenters. The van der Waals surface area contributed by atoms with E-state index in [1.54, 1.807) is 6.92 Å². The summed E-state index contributed by atoms with van der Waals surface area (Å²) in [5.74, 6) is 0.217. The second kappa shape index (κ2) is 9.47. The Morgan fingerprint density at radius 1 is 1.03 bits per heavy atom. The number of rotatable bonds is 3. The van der Waals surface area contributed by atoms with Gasteiger partial charge in [-0.3, -0.25) is 20.3 Å². The van der Waals surface area contributed by atoms with Crippen LogP contribution in [0.25, 0.3) is 0 Å². The number of urea groups is 1. The molecule has 4 heterocycles. The Balaban J connectivity index is 1.28. The molecule has 0 radical (unpaired) electrons. The first-order valence-corrected chi connectivity index (χ1v) is 11.6. The molecular weight excluding hydrogens is 378 g/mol. The Labute approximate surface area is 180 Å². The van der Waals surface area contributed by atoms with Crippen LogP contribution in [0.3, 0.4) is 0 Å². The molecule has 3 saturated heterocycles. The monoisotopic (exact) mass is 415 g/mol. The summed E-state index contributed by atoms with van der Waals surface area (Å²) in [5.41, 5.74) is 1.37. The molecule has 2 unspecified atom stereocenters. The summed E-state index contributed by atoms with van der Waals surface area (Å²) in [4.78, 5) is 19.5. The lowest BCUT2D eigenvalue weighted by Crippen LogP contribution is -2.48. The molecule has 2 N–H and O–H groups in total. The summed E-state index contributed by atoms with van der Waals surface area (Å²) in [7, 11) is 2.01. The number of aryl methyl sites for hydroxylation is 1. The van der Waals surface area contributed by atoms with Gasteiger partial charge in [0.15, 0.2) is 0 Å². The number of amidine groups is 1. The standard InChI is InChI=1S/C22H37N7O/c1-17(23)25-22(30)28-10-3-5-19(7-14-28)27-12-8-20(9-13-27)29-11-4-6-21(29)18-15-24-26(2)16-18/h15-16,19-21H,3-14H2,1-2H3,(H2,23,25,30). The topological polar surface area (TPSA) is 80.5 Å². The van der Waals surface area contributed by atoms with E-state index < -0.39 is 0 Å². The molecule has 30 heavy (non-hydrogen) atoms. The molecule has 0 bridgehead atoms. The molecule has 166 valence electrons. The molecule has 0 aromatic carbocycles. The van der Waals surface area contributed by atoms with Gasteiger partial charge in [0.25, 0.3) is 0 Å². The maximum Gasteiger partial charge on any atom is 0.322 e. The zero-order chi connectivity index (χ0) is 21.1. The lowest BCUT2D eigenvalue weighted by Gasteiger charge is -2.42. The first-order valence-electron chi connectivity index (χ1n) is 11.6. The van der Waals surface area contributed by atoms with E-state index in [9.17, 15) is 4.79 Å². The van der Waals surface area contributed by atoms with Crippen molar-refractivity contribution in [1.29, 1.82) is 5.41 Å². The van der Waals surface area contributed by atoms with Crippen LogP contribution >= 0.6 is 0 Å². The van der Waals surface area contributed by atoms with Gasteiger partial charge >= 0.3 is 6.03 Å². The number of aromatic nitrogens is 2. The van der Waals surface area contributed by atoms with E-state index in [1.165, 1.54) is 44.2 Å². The number of nitrogens with zero attached hydrogens (tertiary/aromatic N) is 5. The lowest BCUT2D eigenvalue weighted by molar-refractivity contribution is 0.0717. The van der Waals surface area contributed by atoms with Crippen molar-refractivity contribution in [3.05, 3.63) is 18.0 Å². The minimum atomic E-state index is -0.114. The van der Waals surface area contributed by atoms with Crippen LogP contribution in [-0.2, 0) is 7.05 Å². The van der Waals surface area contributed by atoms with Gasteiger partial charge in [0.05, 0.1) is 12.0 Å². The normalized spacial score (nSPS) is 27.2. The number of hydrogen-bond acceptors (Lipinski definition) is 5. The molecule has 8 nitrogen and oxygen atoms in total. The zero-order valence-electron chi connectivity index (χ0n) is 18.5. The smallest absolute Gasteiger partial charge is 0.322 e. The van der Waals surface area contributed by atoms with Crippen molar-refractivity contribution in [2.24, 2.45) is 7.05 Å². The number of piperidine rings is 1. The molecule has 3 fully saturated rings. The fourth-order valence-corrected chi connectivity index (χ4v) is 5.67. The van der Waals surface area contributed by atoms with Gasteiger partial charge in [-0.2, -0.15) is 5.10 Å². The quantitative estimate of drug-likeness (QED) is 0.587. The fraction of sp³-hybridized carbons (Fsp3) is 0.773. The van der Waals surface area contributed by atoms with Gasteiger partial charge < -0.3 is 9.80 Å². The van der Waals surface area contributed by atoms with Gasteiger partial charge in [-0.1, -0.05) is 0 Å². The molecule has 1 aromatic heterocycles. The Morgan fingerprint density at radius 2 is 1.77 bits per heavy atom. The van der Waals surface area contributed by atoms with E-state index >= 15 is 0 Å². The van der Waals surface area contributed by atoms with E-state index in [0.29, 0.717) is 18.1 Å². The summed E-state index contributed by atoms with van der Waals surface area (Å²) < 4.78 is 1.92. The van der Waals surface area contributed by atoms with E-state index in [1.807, 2.05) is 22.8 Å². The van der Waals surface area contributed by atoms with Gasteiger partial charge in [-0.25, -0.2) is 4.79 Å². The second-order valence-corrected chi connectivity index (χ2v) is 9.24. The minimum absolute atomic E-state index is 0.114. The van der Waals surface area contributed by atoms with Crippen LogP contribution in [0.5, 0.6) is 0 Å². The molecule has 2 amide bonds. The Morgan fingerprint density at radius 3 is 2.47 bits per heavy atom. The van der Waals surface area contributed by atoms with Crippen molar-refractivity contribution >= 4 is 11.9 Å². The van der Waals surface area contributed by atoms with Crippen LogP contribution in [0.2, 0.25) is 0 Å². The highest BCUT2D eigenvalue weighted by Crippen LogP contribution is 2.36. The number of amides is 2. The maximum absolute atomic E-state index is 12.2. The van der Waals surface area contributed by atoms with Gasteiger partial charge in [0, 0.05) is 50.0 Å². The van der Waals surface area contributed by atoms with Crippen molar-refractivity contribution in [1.82, 2.24) is 29.8 Å². The molecular formula is C22H37N7O. The fourth-order valence-electron chi connectivity index (χ4n) is 5.67. The number of nitrogens with one attached hydrogen (secondary N) is 2. The maximum atomic E-state index is 12.2. The highest BCUT2D eigenvalue weighted by atomic mass is 16.2. The number of hydrogen-bond donors (Lipinski definition) is 2. The van der Waals surface area contributed by atoms with Crippen LogP contribution < -0.4 is 5.32 Å². The van der Waals surface area contributed by atoms with Crippen LogP contribution in [-0.4, -0.2) is 81.2 Å². The van der Waals surface area contributed by atoms with Gasteiger partial charge in [-0.15, -0.1) is 0 Å². The summed E-state index contributed by atoms with van der Waals surface area (Å²) in [6.45, 7) is 6.74. The molecule has 3 aliphatic heterocycles. The van der Waals surface area contributed by atoms with Crippen molar-refractivity contribution in [3.63, 3.8) is 0 Å². The second-order valence-electron chi connectivity index (χ2n) is 9.24. The third kappa shape index (κ3) is 4.86. The van der Waals surface area contributed by atoms with Crippen LogP contribution in [0.4, 0.5) is 4.79 Å². The highest BCUT2D eigenvalue weighted by Gasteiger charge is 2.35. The average Bonchev–Trinajstić information content (AvgIpc) is 3.30. The predicted octanol–water partition coefficient (Wildman–Crippen LogP) is 2.58. The third-order valence-corrected chi connectivity index (χ3v) is 7.17. The SMILES string of the molecule is CC(=N)NC(=O)N1CCCC(N2CCC(N3CCCC3c3cnn(C)c3)CC2)CC1.